The van der Waals surface area contributed by atoms with Crippen LogP contribution < -0.4 is 0 Å². The van der Waals surface area contributed by atoms with Crippen LogP contribution in [0.5, 0.6) is 0 Å². The van der Waals surface area contributed by atoms with Crippen LogP contribution in [0.25, 0.3) is 11.3 Å². The van der Waals surface area contributed by atoms with Crippen molar-refractivity contribution in [2.24, 2.45) is 0 Å². The van der Waals surface area contributed by atoms with Crippen LogP contribution in [0.15, 0.2) is 41.1 Å². The van der Waals surface area contributed by atoms with E-state index < -0.39 is 0 Å². The molecular formula is C17H16N4O2. The maximum absolute atomic E-state index is 12.9. The van der Waals surface area contributed by atoms with E-state index in [9.17, 15) is 4.79 Å². The number of hydrogen-bond donors (Lipinski definition) is 1. The fraction of sp³-hybridized carbons (Fsp3) is 0.235. The number of carbonyl (C=O) groups is 1. The lowest BCUT2D eigenvalue weighted by atomic mass is 10.0. The van der Waals surface area contributed by atoms with E-state index in [1.165, 1.54) is 6.26 Å². The van der Waals surface area contributed by atoms with Crippen molar-refractivity contribution < 1.29 is 9.32 Å². The third kappa shape index (κ3) is 2.32. The van der Waals surface area contributed by atoms with Gasteiger partial charge in [-0.1, -0.05) is 35.5 Å². The minimum atomic E-state index is -0.0589. The van der Waals surface area contributed by atoms with E-state index in [0.717, 1.165) is 28.9 Å². The number of nitrogens with zero attached hydrogens (tertiary/aromatic N) is 3. The molecule has 0 radical (unpaired) electrons. The number of amides is 1. The molecule has 3 heterocycles. The number of nitrogens with one attached hydrogen (secondary N) is 1. The summed E-state index contributed by atoms with van der Waals surface area (Å²) in [4.78, 5) is 14.7. The lowest BCUT2D eigenvalue weighted by Gasteiger charge is -2.26. The topological polar surface area (TPSA) is 75.0 Å². The van der Waals surface area contributed by atoms with E-state index in [-0.39, 0.29) is 5.91 Å². The Morgan fingerprint density at radius 2 is 2.13 bits per heavy atom. The first-order valence-corrected chi connectivity index (χ1v) is 7.56. The molecule has 23 heavy (non-hydrogen) atoms. The highest BCUT2D eigenvalue weighted by Crippen LogP contribution is 2.26. The second-order valence-corrected chi connectivity index (χ2v) is 5.69. The third-order valence-electron chi connectivity index (χ3n) is 4.26. The first kappa shape index (κ1) is 13.8. The molecule has 2 aromatic heterocycles. The molecule has 1 aromatic carbocycles. The number of carbonyl (C=O) groups excluding carboxylic acids is 1. The largest absolute Gasteiger partial charge is 0.363 e. The van der Waals surface area contributed by atoms with Crippen LogP contribution in [0, 0.1) is 6.92 Å². The zero-order chi connectivity index (χ0) is 15.8. The molecule has 0 bridgehead atoms. The van der Waals surface area contributed by atoms with E-state index in [2.05, 4.69) is 15.4 Å². The lowest BCUT2D eigenvalue weighted by Crippen LogP contribution is -2.36. The van der Waals surface area contributed by atoms with Gasteiger partial charge in [-0.2, -0.15) is 5.10 Å². The normalized spacial score (nSPS) is 13.9. The molecule has 6 heteroatoms. The maximum atomic E-state index is 12.9. The lowest BCUT2D eigenvalue weighted by molar-refractivity contribution is 0.0734. The smallest absolute Gasteiger partial charge is 0.259 e. The van der Waals surface area contributed by atoms with Crippen molar-refractivity contribution in [2.45, 2.75) is 19.9 Å². The van der Waals surface area contributed by atoms with Gasteiger partial charge in [0.1, 0.15) is 17.5 Å². The van der Waals surface area contributed by atoms with Gasteiger partial charge in [0.2, 0.25) is 0 Å². The Morgan fingerprint density at radius 1 is 1.30 bits per heavy atom. The van der Waals surface area contributed by atoms with Crippen LogP contribution in [0.1, 0.15) is 27.3 Å². The van der Waals surface area contributed by atoms with Gasteiger partial charge in [0.25, 0.3) is 5.91 Å². The van der Waals surface area contributed by atoms with Gasteiger partial charge in [-0.15, -0.1) is 0 Å². The number of benzene rings is 1. The van der Waals surface area contributed by atoms with Crippen molar-refractivity contribution in [3.05, 3.63) is 59.1 Å². The van der Waals surface area contributed by atoms with E-state index in [1.54, 1.807) is 0 Å². The molecule has 116 valence electrons. The highest BCUT2D eigenvalue weighted by atomic mass is 16.5. The minimum absolute atomic E-state index is 0.0589. The highest BCUT2D eigenvalue weighted by Gasteiger charge is 2.28. The van der Waals surface area contributed by atoms with Crippen LogP contribution in [0.2, 0.25) is 0 Å². The summed E-state index contributed by atoms with van der Waals surface area (Å²) in [5, 5.41) is 11.3. The summed E-state index contributed by atoms with van der Waals surface area (Å²) in [6, 6.07) is 9.60. The predicted octanol–water partition coefficient (Wildman–Crippen LogP) is 2.57. The Morgan fingerprint density at radius 3 is 2.96 bits per heavy atom. The summed E-state index contributed by atoms with van der Waals surface area (Å²) in [7, 11) is 0. The van der Waals surface area contributed by atoms with Crippen LogP contribution in [-0.2, 0) is 13.0 Å². The molecule has 1 aliphatic rings. The summed E-state index contributed by atoms with van der Waals surface area (Å²) < 4.78 is 5.07. The molecule has 1 aliphatic heterocycles. The summed E-state index contributed by atoms with van der Waals surface area (Å²) in [5.41, 5.74) is 5.15. The third-order valence-corrected chi connectivity index (χ3v) is 4.26. The highest BCUT2D eigenvalue weighted by molar-refractivity contribution is 5.99. The van der Waals surface area contributed by atoms with Gasteiger partial charge in [-0.05, 0) is 6.92 Å². The van der Waals surface area contributed by atoms with Crippen molar-refractivity contribution in [1.82, 2.24) is 20.3 Å². The van der Waals surface area contributed by atoms with Crippen molar-refractivity contribution in [1.29, 1.82) is 0 Å². The molecule has 0 fully saturated rings. The number of hydrogen-bond acceptors (Lipinski definition) is 4. The van der Waals surface area contributed by atoms with Gasteiger partial charge in [0.15, 0.2) is 0 Å². The first-order chi connectivity index (χ1) is 11.2. The maximum Gasteiger partial charge on any atom is 0.259 e. The van der Waals surface area contributed by atoms with Crippen LogP contribution >= 0.6 is 0 Å². The monoisotopic (exact) mass is 308 g/mol. The molecule has 0 aliphatic carbocycles. The number of H-pyrrole nitrogens is 1. The number of rotatable bonds is 2. The van der Waals surface area contributed by atoms with Crippen LogP contribution in [-0.4, -0.2) is 32.7 Å². The minimum Gasteiger partial charge on any atom is -0.363 e. The Hall–Kier alpha value is -2.89. The zero-order valence-electron chi connectivity index (χ0n) is 12.7. The zero-order valence-corrected chi connectivity index (χ0v) is 12.7. The van der Waals surface area contributed by atoms with E-state index >= 15 is 0 Å². The Kier molecular flexibility index (Phi) is 3.22. The second kappa shape index (κ2) is 5.39. The Balaban J connectivity index is 1.64. The molecule has 0 saturated carbocycles. The van der Waals surface area contributed by atoms with Crippen LogP contribution in [0.3, 0.4) is 0 Å². The number of aromatic amines is 1. The molecule has 0 atom stereocenters. The van der Waals surface area contributed by atoms with E-state index in [0.29, 0.717) is 24.3 Å². The van der Waals surface area contributed by atoms with Crippen LogP contribution in [0.4, 0.5) is 0 Å². The molecule has 4 rings (SSSR count). The molecule has 0 unspecified atom stereocenters. The molecule has 0 saturated heterocycles. The van der Waals surface area contributed by atoms with Crippen molar-refractivity contribution >= 4 is 5.91 Å². The SMILES string of the molecule is Cc1[nH]nc2c1CN(C(=O)c1conc1-c1ccccc1)CC2. The summed E-state index contributed by atoms with van der Waals surface area (Å²) in [5.74, 6) is -0.0589. The molecule has 3 aromatic rings. The fourth-order valence-electron chi connectivity index (χ4n) is 2.97. The summed E-state index contributed by atoms with van der Waals surface area (Å²) in [6.45, 7) is 3.19. The predicted molar refractivity (Wildman–Crippen MR) is 83.7 cm³/mol. The Bertz CT molecular complexity index is 851. The summed E-state index contributed by atoms with van der Waals surface area (Å²) >= 11 is 0. The average molecular weight is 308 g/mol. The molecule has 6 nitrogen and oxygen atoms in total. The molecule has 1 N–H and O–H groups in total. The van der Waals surface area contributed by atoms with Gasteiger partial charge < -0.3 is 9.42 Å². The number of fused-ring (bicyclic) bond motifs is 1. The summed E-state index contributed by atoms with van der Waals surface area (Å²) in [6.07, 6.45) is 2.19. The van der Waals surface area contributed by atoms with Gasteiger partial charge >= 0.3 is 0 Å². The quantitative estimate of drug-likeness (QED) is 0.789. The fourth-order valence-corrected chi connectivity index (χ4v) is 2.97. The van der Waals surface area contributed by atoms with Gasteiger partial charge in [0.05, 0.1) is 5.69 Å². The van der Waals surface area contributed by atoms with Crippen molar-refractivity contribution in [3.63, 3.8) is 0 Å². The number of aromatic nitrogens is 3. The van der Waals surface area contributed by atoms with E-state index in [4.69, 9.17) is 4.52 Å². The van der Waals surface area contributed by atoms with Gasteiger partial charge in [-0.25, -0.2) is 0 Å². The molecule has 0 spiro atoms. The standard InChI is InChI=1S/C17H16N4O2/c1-11-13-9-21(8-7-15(13)19-18-11)17(22)14-10-23-20-16(14)12-5-3-2-4-6-12/h2-6,10H,7-9H2,1H3,(H,18,19). The average Bonchev–Trinajstić information content (AvgIpc) is 3.22. The van der Waals surface area contributed by atoms with Gasteiger partial charge in [0, 0.05) is 36.3 Å². The van der Waals surface area contributed by atoms with Crippen molar-refractivity contribution in [3.8, 4) is 11.3 Å². The first-order valence-electron chi connectivity index (χ1n) is 7.56. The van der Waals surface area contributed by atoms with E-state index in [1.807, 2.05) is 42.2 Å². The van der Waals surface area contributed by atoms with Gasteiger partial charge in [-0.3, -0.25) is 9.89 Å². The molecular weight excluding hydrogens is 292 g/mol. The second-order valence-electron chi connectivity index (χ2n) is 5.69. The molecule has 1 amide bonds. The van der Waals surface area contributed by atoms with Crippen molar-refractivity contribution in [2.75, 3.05) is 6.54 Å². The Labute approximate surface area is 133 Å². The number of aryl methyl sites for hydroxylation is 1.